The molecule has 2 rings (SSSR count). The molecule has 0 unspecified atom stereocenters. The summed E-state index contributed by atoms with van der Waals surface area (Å²) in [5, 5.41) is 9.24. The number of nitrogens with zero attached hydrogens (tertiary/aromatic N) is 2. The molecule has 168 valence electrons. The molecule has 0 fully saturated rings. The van der Waals surface area contributed by atoms with Crippen LogP contribution in [0.2, 0.25) is 5.15 Å². The molecule has 0 saturated heterocycles. The quantitative estimate of drug-likeness (QED) is 0.555. The minimum Gasteiger partial charge on any atom is -0.343 e. The van der Waals surface area contributed by atoms with Gasteiger partial charge in [-0.05, 0) is 44.0 Å². The number of carbonyl (C=O) groups is 2. The lowest BCUT2D eigenvalue weighted by Crippen LogP contribution is -2.33. The number of rotatable bonds is 8. The molecule has 1 heterocycles. The fourth-order valence-corrected chi connectivity index (χ4v) is 3.05. The Labute approximate surface area is 183 Å². The van der Waals surface area contributed by atoms with E-state index in [1.165, 1.54) is 18.2 Å². The minimum atomic E-state index is -4.51. The molecule has 0 aliphatic heterocycles. The molecule has 2 N–H and O–H groups in total. The molecule has 2 aromatic rings. The third-order valence-electron chi connectivity index (χ3n) is 4.44. The zero-order valence-corrected chi connectivity index (χ0v) is 18.2. The summed E-state index contributed by atoms with van der Waals surface area (Å²) in [5.74, 6) is -1.36. The number of alkyl halides is 3. The predicted molar refractivity (Wildman–Crippen MR) is 114 cm³/mol. The summed E-state index contributed by atoms with van der Waals surface area (Å²) in [6.45, 7) is 4.80. The number of amides is 2. The fourth-order valence-electron chi connectivity index (χ4n) is 2.73. The van der Waals surface area contributed by atoms with Gasteiger partial charge in [0.2, 0.25) is 5.91 Å². The van der Waals surface area contributed by atoms with Gasteiger partial charge in [-0.1, -0.05) is 31.0 Å². The fraction of sp³-hybridized carbons (Fsp3) is 0.381. The summed E-state index contributed by atoms with van der Waals surface area (Å²) in [7, 11) is 0. The van der Waals surface area contributed by atoms with Crippen molar-refractivity contribution in [2.45, 2.75) is 46.3 Å². The summed E-state index contributed by atoms with van der Waals surface area (Å²) in [6, 6.07) is 4.26. The standard InChI is InChI=1S/C21H24ClF3N4O2/c1-4-5-10-29-19(22)16(14(3)28-29)8-9-18(30)27-17-11-15(7-6-13(17)2)20(31)26-12-21(23,24)25/h6-9,11H,4-5,10,12H2,1-3H3,(H,26,31)(H,27,30). The molecule has 0 spiro atoms. The molecule has 0 bridgehead atoms. The molecule has 0 atom stereocenters. The van der Waals surface area contributed by atoms with Crippen molar-refractivity contribution in [1.82, 2.24) is 15.1 Å². The highest BCUT2D eigenvalue weighted by molar-refractivity contribution is 6.31. The van der Waals surface area contributed by atoms with Crippen molar-refractivity contribution in [1.29, 1.82) is 0 Å². The van der Waals surface area contributed by atoms with Gasteiger partial charge in [-0.15, -0.1) is 0 Å². The van der Waals surface area contributed by atoms with Crippen LogP contribution in [-0.4, -0.2) is 34.3 Å². The van der Waals surface area contributed by atoms with Crippen molar-refractivity contribution in [2.75, 3.05) is 11.9 Å². The van der Waals surface area contributed by atoms with E-state index in [4.69, 9.17) is 11.6 Å². The predicted octanol–water partition coefficient (Wildman–Crippen LogP) is 4.90. The number of carbonyl (C=O) groups excluding carboxylic acids is 2. The Morgan fingerprint density at radius 3 is 2.61 bits per heavy atom. The second kappa shape index (κ2) is 10.5. The Balaban J connectivity index is 2.10. The van der Waals surface area contributed by atoms with Crippen molar-refractivity contribution in [3.05, 3.63) is 51.8 Å². The number of unbranched alkanes of at least 4 members (excludes halogenated alkanes) is 1. The second-order valence-electron chi connectivity index (χ2n) is 7.02. The number of hydrogen-bond acceptors (Lipinski definition) is 3. The van der Waals surface area contributed by atoms with Crippen LogP contribution in [0.15, 0.2) is 24.3 Å². The Hall–Kier alpha value is -2.81. The Morgan fingerprint density at radius 2 is 1.97 bits per heavy atom. The summed E-state index contributed by atoms with van der Waals surface area (Å²) < 4.78 is 38.6. The number of nitrogens with one attached hydrogen (secondary N) is 2. The third-order valence-corrected chi connectivity index (χ3v) is 4.84. The van der Waals surface area contributed by atoms with E-state index in [-0.39, 0.29) is 5.56 Å². The summed E-state index contributed by atoms with van der Waals surface area (Å²) in [4.78, 5) is 24.3. The molecule has 1 aromatic carbocycles. The average Bonchev–Trinajstić information content (AvgIpc) is 2.96. The Morgan fingerprint density at radius 1 is 1.26 bits per heavy atom. The maximum absolute atomic E-state index is 12.4. The molecule has 0 saturated carbocycles. The molecule has 2 amide bonds. The molecule has 6 nitrogen and oxygen atoms in total. The van der Waals surface area contributed by atoms with Crippen LogP contribution in [0.1, 0.15) is 46.9 Å². The van der Waals surface area contributed by atoms with Gasteiger partial charge in [-0.3, -0.25) is 14.3 Å². The maximum Gasteiger partial charge on any atom is 0.405 e. The van der Waals surface area contributed by atoms with Crippen LogP contribution < -0.4 is 10.6 Å². The van der Waals surface area contributed by atoms with Gasteiger partial charge in [0.25, 0.3) is 5.91 Å². The van der Waals surface area contributed by atoms with E-state index in [0.717, 1.165) is 12.8 Å². The van der Waals surface area contributed by atoms with Crippen molar-refractivity contribution in [2.24, 2.45) is 0 Å². The normalized spacial score (nSPS) is 11.7. The number of aromatic nitrogens is 2. The third kappa shape index (κ3) is 7.13. The molecule has 0 aliphatic rings. The highest BCUT2D eigenvalue weighted by Crippen LogP contribution is 2.22. The van der Waals surface area contributed by atoms with Crippen LogP contribution in [0.4, 0.5) is 18.9 Å². The van der Waals surface area contributed by atoms with E-state index in [9.17, 15) is 22.8 Å². The Bertz CT molecular complexity index is 984. The van der Waals surface area contributed by atoms with Gasteiger partial charge in [0.1, 0.15) is 11.7 Å². The lowest BCUT2D eigenvalue weighted by molar-refractivity contribution is -0.123. The van der Waals surface area contributed by atoms with Crippen molar-refractivity contribution >= 4 is 35.2 Å². The van der Waals surface area contributed by atoms with E-state index in [2.05, 4.69) is 17.3 Å². The summed E-state index contributed by atoms with van der Waals surface area (Å²) >= 11 is 6.34. The molecule has 10 heteroatoms. The summed E-state index contributed by atoms with van der Waals surface area (Å²) in [6.07, 6.45) is 0.256. The van der Waals surface area contributed by atoms with Crippen molar-refractivity contribution in [3.63, 3.8) is 0 Å². The van der Waals surface area contributed by atoms with Gasteiger partial charge in [0, 0.05) is 29.4 Å². The average molecular weight is 457 g/mol. The first-order valence-corrected chi connectivity index (χ1v) is 10.1. The number of halogens is 4. The zero-order valence-electron chi connectivity index (χ0n) is 17.4. The lowest BCUT2D eigenvalue weighted by Gasteiger charge is -2.11. The van der Waals surface area contributed by atoms with Crippen molar-refractivity contribution < 1.29 is 22.8 Å². The molecular formula is C21H24ClF3N4O2. The second-order valence-corrected chi connectivity index (χ2v) is 7.37. The van der Waals surface area contributed by atoms with E-state index in [1.807, 2.05) is 0 Å². The first kappa shape index (κ1) is 24.5. The highest BCUT2D eigenvalue weighted by Gasteiger charge is 2.28. The van der Waals surface area contributed by atoms with Crippen LogP contribution in [0.3, 0.4) is 0 Å². The van der Waals surface area contributed by atoms with E-state index in [0.29, 0.717) is 34.2 Å². The Kier molecular flexibility index (Phi) is 8.27. The van der Waals surface area contributed by atoms with Gasteiger partial charge in [0.15, 0.2) is 0 Å². The van der Waals surface area contributed by atoms with Gasteiger partial charge in [-0.25, -0.2) is 0 Å². The van der Waals surface area contributed by atoms with Crippen LogP contribution >= 0.6 is 11.6 Å². The van der Waals surface area contributed by atoms with Gasteiger partial charge < -0.3 is 10.6 Å². The van der Waals surface area contributed by atoms with E-state index >= 15 is 0 Å². The van der Waals surface area contributed by atoms with Crippen LogP contribution in [0, 0.1) is 13.8 Å². The van der Waals surface area contributed by atoms with Gasteiger partial charge in [0.05, 0.1) is 5.69 Å². The highest BCUT2D eigenvalue weighted by atomic mass is 35.5. The van der Waals surface area contributed by atoms with Gasteiger partial charge >= 0.3 is 6.18 Å². The zero-order chi connectivity index (χ0) is 23.2. The first-order chi connectivity index (χ1) is 14.5. The van der Waals surface area contributed by atoms with Crippen LogP contribution in [0.5, 0.6) is 0 Å². The molecule has 0 radical (unpaired) electrons. The maximum atomic E-state index is 12.4. The van der Waals surface area contributed by atoms with E-state index in [1.54, 1.807) is 36.0 Å². The van der Waals surface area contributed by atoms with Crippen LogP contribution in [-0.2, 0) is 11.3 Å². The molecular weight excluding hydrogens is 433 g/mol. The molecule has 31 heavy (non-hydrogen) atoms. The first-order valence-electron chi connectivity index (χ1n) is 9.69. The largest absolute Gasteiger partial charge is 0.405 e. The topological polar surface area (TPSA) is 76.0 Å². The number of aryl methyl sites for hydroxylation is 3. The smallest absolute Gasteiger partial charge is 0.343 e. The van der Waals surface area contributed by atoms with Gasteiger partial charge in [-0.2, -0.15) is 18.3 Å². The minimum absolute atomic E-state index is 0.00483. The summed E-state index contributed by atoms with van der Waals surface area (Å²) in [5.41, 5.74) is 2.28. The monoisotopic (exact) mass is 456 g/mol. The van der Waals surface area contributed by atoms with E-state index < -0.39 is 24.5 Å². The van der Waals surface area contributed by atoms with Crippen molar-refractivity contribution in [3.8, 4) is 0 Å². The molecule has 1 aromatic heterocycles. The number of benzene rings is 1. The SMILES string of the molecule is CCCCn1nc(C)c(C=CC(=O)Nc2cc(C(=O)NCC(F)(F)F)ccc2C)c1Cl. The lowest BCUT2D eigenvalue weighted by atomic mass is 10.1. The number of anilines is 1. The van der Waals surface area contributed by atoms with Crippen LogP contribution in [0.25, 0.3) is 6.08 Å². The number of hydrogen-bond donors (Lipinski definition) is 2. The molecule has 0 aliphatic carbocycles.